The number of amides is 1. The monoisotopic (exact) mass is 376 g/mol. The van der Waals surface area contributed by atoms with E-state index in [0.29, 0.717) is 22.8 Å². The topological polar surface area (TPSA) is 93.2 Å². The normalized spacial score (nSPS) is 10.2. The molecule has 7 heteroatoms. The highest BCUT2D eigenvalue weighted by atomic mass is 16.5. The van der Waals surface area contributed by atoms with E-state index in [9.17, 15) is 9.59 Å². The second-order valence-electron chi connectivity index (χ2n) is 6.21. The minimum atomic E-state index is -0.428. The molecule has 0 aliphatic heterocycles. The van der Waals surface area contributed by atoms with Gasteiger partial charge in [0, 0.05) is 23.8 Å². The molecule has 3 aromatic rings. The van der Waals surface area contributed by atoms with E-state index in [2.05, 4.69) is 20.6 Å². The van der Waals surface area contributed by atoms with Gasteiger partial charge in [-0.05, 0) is 43.2 Å². The van der Waals surface area contributed by atoms with Gasteiger partial charge in [0.2, 0.25) is 5.95 Å². The molecule has 28 heavy (non-hydrogen) atoms. The van der Waals surface area contributed by atoms with Crippen LogP contribution in [-0.4, -0.2) is 29.0 Å². The van der Waals surface area contributed by atoms with Crippen LogP contribution in [-0.2, 0) is 4.74 Å². The lowest BCUT2D eigenvalue weighted by atomic mass is 10.1. The van der Waals surface area contributed by atoms with Gasteiger partial charge in [0.1, 0.15) is 0 Å². The number of anilines is 3. The predicted octanol–water partition coefficient (Wildman–Crippen LogP) is 3.88. The number of nitrogens with one attached hydrogen (secondary N) is 2. The second-order valence-corrected chi connectivity index (χ2v) is 6.21. The first-order chi connectivity index (χ1) is 13.5. The molecule has 0 atom stereocenters. The van der Waals surface area contributed by atoms with Gasteiger partial charge in [0.05, 0.1) is 18.2 Å². The van der Waals surface area contributed by atoms with Crippen molar-refractivity contribution in [3.63, 3.8) is 0 Å². The largest absolute Gasteiger partial charge is 0.465 e. The van der Waals surface area contributed by atoms with E-state index in [1.807, 2.05) is 32.0 Å². The number of hydrogen-bond acceptors (Lipinski definition) is 6. The highest BCUT2D eigenvalue weighted by molar-refractivity contribution is 6.04. The Morgan fingerprint density at radius 1 is 0.929 bits per heavy atom. The zero-order valence-electron chi connectivity index (χ0n) is 15.8. The standard InChI is InChI=1S/C21H20N4O3/c1-13-6-4-7-14(2)18(13)25-19(26)16-11-22-21(23-12-16)24-17-9-5-8-15(10-17)20(27)28-3/h4-12H,1-3H3,(H,25,26)(H,22,23,24). The Hall–Kier alpha value is -3.74. The smallest absolute Gasteiger partial charge is 0.337 e. The van der Waals surface area contributed by atoms with Gasteiger partial charge in [-0.3, -0.25) is 4.79 Å². The zero-order chi connectivity index (χ0) is 20.1. The molecule has 1 heterocycles. The summed E-state index contributed by atoms with van der Waals surface area (Å²) in [5, 5.41) is 5.90. The van der Waals surface area contributed by atoms with Crippen molar-refractivity contribution in [2.24, 2.45) is 0 Å². The van der Waals surface area contributed by atoms with Crippen molar-refractivity contribution in [3.8, 4) is 0 Å². The molecule has 2 aromatic carbocycles. The van der Waals surface area contributed by atoms with Gasteiger partial charge in [-0.2, -0.15) is 0 Å². The van der Waals surface area contributed by atoms with Gasteiger partial charge in [0.25, 0.3) is 5.91 Å². The van der Waals surface area contributed by atoms with Crippen LogP contribution >= 0.6 is 0 Å². The molecule has 0 aliphatic carbocycles. The van der Waals surface area contributed by atoms with Gasteiger partial charge in [-0.1, -0.05) is 24.3 Å². The number of hydrogen-bond donors (Lipinski definition) is 2. The number of aromatic nitrogens is 2. The van der Waals surface area contributed by atoms with E-state index in [-0.39, 0.29) is 5.91 Å². The molecule has 1 amide bonds. The molecular weight excluding hydrogens is 356 g/mol. The summed E-state index contributed by atoms with van der Waals surface area (Å²) in [5.74, 6) is -0.398. The minimum Gasteiger partial charge on any atom is -0.465 e. The molecule has 3 rings (SSSR count). The van der Waals surface area contributed by atoms with Crippen LogP contribution < -0.4 is 10.6 Å². The quantitative estimate of drug-likeness (QED) is 0.657. The van der Waals surface area contributed by atoms with E-state index in [1.165, 1.54) is 19.5 Å². The first-order valence-electron chi connectivity index (χ1n) is 8.63. The summed E-state index contributed by atoms with van der Waals surface area (Å²) in [6.45, 7) is 3.88. The van der Waals surface area contributed by atoms with E-state index < -0.39 is 5.97 Å². The Labute approximate surface area is 162 Å². The maximum Gasteiger partial charge on any atom is 0.337 e. The highest BCUT2D eigenvalue weighted by Crippen LogP contribution is 2.20. The summed E-state index contributed by atoms with van der Waals surface area (Å²) in [6, 6.07) is 12.6. The number of rotatable bonds is 5. The van der Waals surface area contributed by atoms with E-state index in [4.69, 9.17) is 4.74 Å². The first-order valence-corrected chi connectivity index (χ1v) is 8.63. The van der Waals surface area contributed by atoms with Crippen LogP contribution in [0.15, 0.2) is 54.9 Å². The van der Waals surface area contributed by atoms with Crippen LogP contribution in [0, 0.1) is 13.8 Å². The van der Waals surface area contributed by atoms with Crippen LogP contribution in [0.2, 0.25) is 0 Å². The number of carbonyl (C=O) groups is 2. The summed E-state index contributed by atoms with van der Waals surface area (Å²) in [6.07, 6.45) is 2.89. The molecule has 0 radical (unpaired) electrons. The maximum atomic E-state index is 12.5. The van der Waals surface area contributed by atoms with Gasteiger partial charge >= 0.3 is 5.97 Å². The molecule has 7 nitrogen and oxygen atoms in total. The van der Waals surface area contributed by atoms with E-state index in [1.54, 1.807) is 24.3 Å². The molecular formula is C21H20N4O3. The van der Waals surface area contributed by atoms with Gasteiger partial charge in [-0.15, -0.1) is 0 Å². The van der Waals surface area contributed by atoms with Crippen LogP contribution in [0.4, 0.5) is 17.3 Å². The van der Waals surface area contributed by atoms with Crippen molar-refractivity contribution in [2.75, 3.05) is 17.7 Å². The molecule has 1 aromatic heterocycles. The number of esters is 1. The molecule has 0 spiro atoms. The third-order valence-electron chi connectivity index (χ3n) is 4.17. The van der Waals surface area contributed by atoms with Crippen molar-refractivity contribution >= 4 is 29.2 Å². The van der Waals surface area contributed by atoms with Crippen LogP contribution in [0.3, 0.4) is 0 Å². The Bertz CT molecular complexity index is 996. The lowest BCUT2D eigenvalue weighted by molar-refractivity contribution is 0.0600. The number of para-hydroxylation sites is 1. The molecule has 0 saturated carbocycles. The number of benzene rings is 2. The fourth-order valence-electron chi connectivity index (χ4n) is 2.68. The third-order valence-corrected chi connectivity index (χ3v) is 4.17. The molecule has 0 unspecified atom stereocenters. The average molecular weight is 376 g/mol. The Balaban J connectivity index is 1.71. The number of nitrogens with zero attached hydrogens (tertiary/aromatic N) is 2. The maximum absolute atomic E-state index is 12.5. The van der Waals surface area contributed by atoms with Gasteiger partial charge in [0.15, 0.2) is 0 Å². The van der Waals surface area contributed by atoms with Crippen molar-refractivity contribution < 1.29 is 14.3 Å². The SMILES string of the molecule is COC(=O)c1cccc(Nc2ncc(C(=O)Nc3c(C)cccc3C)cn2)c1. The highest BCUT2D eigenvalue weighted by Gasteiger charge is 2.11. The molecule has 2 N–H and O–H groups in total. The lowest BCUT2D eigenvalue weighted by Crippen LogP contribution is -2.14. The minimum absolute atomic E-state index is 0.281. The van der Waals surface area contributed by atoms with Gasteiger partial charge < -0.3 is 15.4 Å². The fraction of sp³-hybridized carbons (Fsp3) is 0.143. The molecule has 0 saturated heterocycles. The van der Waals surface area contributed by atoms with Gasteiger partial charge in [-0.25, -0.2) is 14.8 Å². The number of methoxy groups -OCH3 is 1. The summed E-state index contributed by atoms with van der Waals surface area (Å²) >= 11 is 0. The summed E-state index contributed by atoms with van der Waals surface area (Å²) in [4.78, 5) is 32.4. The van der Waals surface area contributed by atoms with Crippen LogP contribution in [0.1, 0.15) is 31.8 Å². The number of ether oxygens (including phenoxy) is 1. The van der Waals surface area contributed by atoms with Crippen LogP contribution in [0.5, 0.6) is 0 Å². The van der Waals surface area contributed by atoms with Crippen LogP contribution in [0.25, 0.3) is 0 Å². The summed E-state index contributed by atoms with van der Waals surface area (Å²) in [5.41, 5.74) is 4.15. The molecule has 0 fully saturated rings. The average Bonchev–Trinajstić information content (AvgIpc) is 2.71. The summed E-state index contributed by atoms with van der Waals surface area (Å²) in [7, 11) is 1.33. The first kappa shape index (κ1) is 19.0. The van der Waals surface area contributed by atoms with Crippen molar-refractivity contribution in [1.82, 2.24) is 9.97 Å². The number of aryl methyl sites for hydroxylation is 2. The lowest BCUT2D eigenvalue weighted by Gasteiger charge is -2.11. The van der Waals surface area contributed by atoms with Crippen molar-refractivity contribution in [2.45, 2.75) is 13.8 Å². The summed E-state index contributed by atoms with van der Waals surface area (Å²) < 4.78 is 4.71. The Morgan fingerprint density at radius 2 is 1.57 bits per heavy atom. The van der Waals surface area contributed by atoms with Crippen molar-refractivity contribution in [1.29, 1.82) is 0 Å². The third kappa shape index (κ3) is 4.32. The number of carbonyl (C=O) groups excluding carboxylic acids is 2. The Morgan fingerprint density at radius 3 is 2.21 bits per heavy atom. The van der Waals surface area contributed by atoms with E-state index in [0.717, 1.165) is 16.8 Å². The Kier molecular flexibility index (Phi) is 5.64. The van der Waals surface area contributed by atoms with Crippen molar-refractivity contribution in [3.05, 3.63) is 77.1 Å². The molecule has 0 aliphatic rings. The molecule has 0 bridgehead atoms. The van der Waals surface area contributed by atoms with E-state index >= 15 is 0 Å². The zero-order valence-corrected chi connectivity index (χ0v) is 15.8. The molecule has 142 valence electrons. The second kappa shape index (κ2) is 8.30. The predicted molar refractivity (Wildman–Crippen MR) is 107 cm³/mol. The fourth-order valence-corrected chi connectivity index (χ4v) is 2.68.